The van der Waals surface area contributed by atoms with Crippen LogP contribution in [0.4, 0.5) is 0 Å². The summed E-state index contributed by atoms with van der Waals surface area (Å²) < 4.78 is 5.00. The lowest BCUT2D eigenvalue weighted by atomic mass is 9.93. The van der Waals surface area contributed by atoms with Crippen LogP contribution < -0.4 is 5.32 Å². The van der Waals surface area contributed by atoms with E-state index in [1.54, 1.807) is 13.3 Å². The van der Waals surface area contributed by atoms with Crippen molar-refractivity contribution >= 4 is 11.8 Å². The molecule has 0 radical (unpaired) electrons. The van der Waals surface area contributed by atoms with Crippen molar-refractivity contribution in [2.75, 3.05) is 46.4 Å². The smallest absolute Gasteiger partial charge is 0.255 e. The highest BCUT2D eigenvalue weighted by molar-refractivity contribution is 5.94. The normalized spacial score (nSPS) is 21.5. The molecule has 2 fully saturated rings. The monoisotopic (exact) mass is 388 g/mol. The van der Waals surface area contributed by atoms with E-state index < -0.39 is 0 Å². The molecule has 2 amide bonds. The molecule has 28 heavy (non-hydrogen) atoms. The van der Waals surface area contributed by atoms with Crippen molar-refractivity contribution in [3.63, 3.8) is 0 Å². The molecule has 1 aromatic heterocycles. The molecule has 1 aromatic rings. The minimum absolute atomic E-state index is 0.0592. The van der Waals surface area contributed by atoms with Gasteiger partial charge in [0.25, 0.3) is 5.91 Å². The Morgan fingerprint density at radius 2 is 2.00 bits per heavy atom. The third-order valence-electron chi connectivity index (χ3n) is 5.86. The average Bonchev–Trinajstić information content (AvgIpc) is 2.74. The minimum Gasteiger partial charge on any atom is -0.383 e. The summed E-state index contributed by atoms with van der Waals surface area (Å²) in [5.41, 5.74) is 1.58. The van der Waals surface area contributed by atoms with Gasteiger partial charge >= 0.3 is 0 Å². The van der Waals surface area contributed by atoms with Crippen LogP contribution in [0.25, 0.3) is 0 Å². The third kappa shape index (κ3) is 5.29. The maximum Gasteiger partial charge on any atom is 0.255 e. The summed E-state index contributed by atoms with van der Waals surface area (Å²) in [6.07, 6.45) is 5.59. The van der Waals surface area contributed by atoms with Gasteiger partial charge in [0.15, 0.2) is 0 Å². The first kappa shape index (κ1) is 20.7. The van der Waals surface area contributed by atoms with E-state index in [1.165, 1.54) is 0 Å². The molecular formula is C21H32N4O3. The van der Waals surface area contributed by atoms with Crippen molar-refractivity contribution in [3.8, 4) is 0 Å². The molecule has 3 heterocycles. The molecule has 2 aliphatic rings. The van der Waals surface area contributed by atoms with Crippen LogP contribution in [0.2, 0.25) is 0 Å². The molecule has 2 saturated heterocycles. The number of ether oxygens (including phenoxy) is 1. The molecular weight excluding hydrogens is 356 g/mol. The summed E-state index contributed by atoms with van der Waals surface area (Å²) in [5.74, 6) is 0.269. The Kier molecular flexibility index (Phi) is 7.39. The van der Waals surface area contributed by atoms with E-state index in [0.717, 1.165) is 57.6 Å². The second-order valence-electron chi connectivity index (χ2n) is 7.83. The molecule has 0 aliphatic carbocycles. The van der Waals surface area contributed by atoms with Gasteiger partial charge in [0.1, 0.15) is 0 Å². The van der Waals surface area contributed by atoms with E-state index >= 15 is 0 Å². The Bertz CT molecular complexity index is 656. The van der Waals surface area contributed by atoms with Crippen molar-refractivity contribution in [3.05, 3.63) is 29.6 Å². The fourth-order valence-corrected chi connectivity index (χ4v) is 4.18. The standard InChI is InChI=1S/C21H32N4O3/c1-16-5-6-17(14-23-16)21(27)24-11-7-19(8-12-24)25-10-3-4-18(15-25)20(26)22-9-13-28-2/h5-6,14,18-19H,3-4,7-13,15H2,1-2H3,(H,22,26)/t18-/m0/s1. The van der Waals surface area contributed by atoms with Gasteiger partial charge in [-0.2, -0.15) is 0 Å². The first-order valence-corrected chi connectivity index (χ1v) is 10.3. The molecule has 0 aromatic carbocycles. The first-order chi connectivity index (χ1) is 13.6. The van der Waals surface area contributed by atoms with Crippen molar-refractivity contribution in [2.45, 2.75) is 38.6 Å². The second-order valence-corrected chi connectivity index (χ2v) is 7.83. The number of aryl methyl sites for hydroxylation is 1. The number of methoxy groups -OCH3 is 1. The number of carbonyl (C=O) groups excluding carboxylic acids is 2. The number of hydrogen-bond acceptors (Lipinski definition) is 5. The van der Waals surface area contributed by atoms with E-state index in [1.807, 2.05) is 24.0 Å². The Morgan fingerprint density at radius 1 is 1.21 bits per heavy atom. The van der Waals surface area contributed by atoms with Crippen LogP contribution in [-0.2, 0) is 9.53 Å². The maximum absolute atomic E-state index is 12.7. The summed E-state index contributed by atoms with van der Waals surface area (Å²) in [4.78, 5) is 33.7. The number of aromatic nitrogens is 1. The quantitative estimate of drug-likeness (QED) is 0.747. The molecule has 0 saturated carbocycles. The molecule has 7 nitrogen and oxygen atoms in total. The number of pyridine rings is 1. The number of nitrogens with one attached hydrogen (secondary N) is 1. The summed E-state index contributed by atoms with van der Waals surface area (Å²) in [6.45, 7) is 6.42. The molecule has 1 N–H and O–H groups in total. The largest absolute Gasteiger partial charge is 0.383 e. The Morgan fingerprint density at radius 3 is 2.68 bits per heavy atom. The van der Waals surface area contributed by atoms with Gasteiger partial charge in [0.2, 0.25) is 5.91 Å². The fourth-order valence-electron chi connectivity index (χ4n) is 4.18. The van der Waals surface area contributed by atoms with Gasteiger partial charge in [-0.1, -0.05) is 0 Å². The predicted octanol–water partition coefficient (Wildman–Crippen LogP) is 1.47. The summed E-state index contributed by atoms with van der Waals surface area (Å²) >= 11 is 0. The lowest BCUT2D eigenvalue weighted by Crippen LogP contribution is -2.51. The van der Waals surface area contributed by atoms with Crippen molar-refractivity contribution in [1.82, 2.24) is 20.1 Å². The molecule has 1 atom stereocenters. The summed E-state index contributed by atoms with van der Waals surface area (Å²) in [7, 11) is 1.64. The molecule has 2 aliphatic heterocycles. The van der Waals surface area contributed by atoms with Crippen molar-refractivity contribution in [1.29, 1.82) is 0 Å². The van der Waals surface area contributed by atoms with Gasteiger partial charge in [-0.05, 0) is 51.3 Å². The average molecular weight is 389 g/mol. The van der Waals surface area contributed by atoms with Crippen molar-refractivity contribution in [2.24, 2.45) is 5.92 Å². The molecule has 0 bridgehead atoms. The third-order valence-corrected chi connectivity index (χ3v) is 5.86. The number of amides is 2. The van der Waals surface area contributed by atoms with Gasteiger partial charge in [-0.25, -0.2) is 0 Å². The molecule has 3 rings (SSSR count). The van der Waals surface area contributed by atoms with Gasteiger partial charge in [-0.3, -0.25) is 19.5 Å². The number of hydrogen-bond donors (Lipinski definition) is 1. The van der Waals surface area contributed by atoms with Gasteiger partial charge in [0, 0.05) is 51.2 Å². The number of carbonyl (C=O) groups is 2. The van der Waals surface area contributed by atoms with Crippen LogP contribution >= 0.6 is 0 Å². The van der Waals surface area contributed by atoms with E-state index in [0.29, 0.717) is 24.8 Å². The highest BCUT2D eigenvalue weighted by atomic mass is 16.5. The first-order valence-electron chi connectivity index (χ1n) is 10.3. The maximum atomic E-state index is 12.7. The number of likely N-dealkylation sites (tertiary alicyclic amines) is 2. The number of nitrogens with zero attached hydrogens (tertiary/aromatic N) is 3. The van der Waals surface area contributed by atoms with E-state index in [-0.39, 0.29) is 17.7 Å². The van der Waals surface area contributed by atoms with Gasteiger partial charge in [0.05, 0.1) is 18.1 Å². The fraction of sp³-hybridized carbons (Fsp3) is 0.667. The highest BCUT2D eigenvalue weighted by Crippen LogP contribution is 2.24. The lowest BCUT2D eigenvalue weighted by Gasteiger charge is -2.42. The molecule has 7 heteroatoms. The number of rotatable bonds is 6. The summed E-state index contributed by atoms with van der Waals surface area (Å²) in [6, 6.07) is 4.19. The van der Waals surface area contributed by atoms with Gasteiger partial charge < -0.3 is 15.0 Å². The van der Waals surface area contributed by atoms with Crippen LogP contribution in [0.1, 0.15) is 41.7 Å². The second kappa shape index (κ2) is 9.98. The lowest BCUT2D eigenvalue weighted by molar-refractivity contribution is -0.127. The van der Waals surface area contributed by atoms with Crippen LogP contribution in [0, 0.1) is 12.8 Å². The minimum atomic E-state index is 0.0592. The van der Waals surface area contributed by atoms with Gasteiger partial charge in [-0.15, -0.1) is 0 Å². The van der Waals surface area contributed by atoms with Crippen LogP contribution in [0.5, 0.6) is 0 Å². The number of piperidine rings is 2. The zero-order valence-electron chi connectivity index (χ0n) is 17.0. The highest BCUT2D eigenvalue weighted by Gasteiger charge is 2.32. The Balaban J connectivity index is 1.48. The van der Waals surface area contributed by atoms with E-state index in [9.17, 15) is 9.59 Å². The van der Waals surface area contributed by atoms with Crippen LogP contribution in [0.3, 0.4) is 0 Å². The van der Waals surface area contributed by atoms with Crippen LogP contribution in [-0.4, -0.2) is 79.1 Å². The predicted molar refractivity (Wildman–Crippen MR) is 107 cm³/mol. The van der Waals surface area contributed by atoms with E-state index in [2.05, 4.69) is 15.2 Å². The van der Waals surface area contributed by atoms with E-state index in [4.69, 9.17) is 4.74 Å². The zero-order valence-corrected chi connectivity index (χ0v) is 17.0. The van der Waals surface area contributed by atoms with Crippen LogP contribution in [0.15, 0.2) is 18.3 Å². The molecule has 0 unspecified atom stereocenters. The molecule has 154 valence electrons. The topological polar surface area (TPSA) is 74.8 Å². The zero-order chi connectivity index (χ0) is 19.9. The SMILES string of the molecule is COCCNC(=O)[C@H]1CCCN(C2CCN(C(=O)c3ccc(C)nc3)CC2)C1. The van der Waals surface area contributed by atoms with Crippen molar-refractivity contribution < 1.29 is 14.3 Å². The molecule has 0 spiro atoms. The summed E-state index contributed by atoms with van der Waals surface area (Å²) in [5, 5.41) is 2.97. The Labute approximate surface area is 167 Å². The Hall–Kier alpha value is -1.99.